The fourth-order valence-corrected chi connectivity index (χ4v) is 1.88. The zero-order valence-electron chi connectivity index (χ0n) is 9.76. The van der Waals surface area contributed by atoms with E-state index in [1.807, 2.05) is 18.2 Å². The van der Waals surface area contributed by atoms with E-state index in [2.05, 4.69) is 32.2 Å². The van der Waals surface area contributed by atoms with E-state index in [0.717, 1.165) is 18.0 Å². The average molecular weight is 226 g/mol. The maximum Gasteiger partial charge on any atom is 0.0453 e. The molecule has 0 aliphatic heterocycles. The van der Waals surface area contributed by atoms with Crippen LogP contribution in [0.25, 0.3) is 0 Å². The van der Waals surface area contributed by atoms with Gasteiger partial charge < -0.3 is 5.32 Å². The predicted molar refractivity (Wildman–Crippen MR) is 67.3 cm³/mol. The second kappa shape index (κ2) is 6.14. The lowest BCUT2D eigenvalue weighted by molar-refractivity contribution is 0.465. The lowest BCUT2D eigenvalue weighted by atomic mass is 10.0. The minimum atomic E-state index is 0.376. The standard InChI is InChI=1S/C13H20ClN/c1-4-13(15-9-10(2)3)11-7-5-6-8-12(11)14/h5-8,10,13,15H,4,9H2,1-3H3. The number of nitrogens with one attached hydrogen (secondary N) is 1. The van der Waals surface area contributed by atoms with Gasteiger partial charge in [-0.1, -0.05) is 50.6 Å². The highest BCUT2D eigenvalue weighted by molar-refractivity contribution is 6.31. The summed E-state index contributed by atoms with van der Waals surface area (Å²) in [6, 6.07) is 8.45. The molecule has 1 aromatic rings. The summed E-state index contributed by atoms with van der Waals surface area (Å²) in [7, 11) is 0. The first-order chi connectivity index (χ1) is 7.15. The van der Waals surface area contributed by atoms with E-state index in [-0.39, 0.29) is 0 Å². The third-order valence-corrected chi connectivity index (χ3v) is 2.81. The fourth-order valence-electron chi connectivity index (χ4n) is 1.61. The van der Waals surface area contributed by atoms with Gasteiger partial charge >= 0.3 is 0 Å². The lowest BCUT2D eigenvalue weighted by Gasteiger charge is -2.19. The zero-order valence-corrected chi connectivity index (χ0v) is 10.5. The van der Waals surface area contributed by atoms with E-state index in [4.69, 9.17) is 11.6 Å². The first-order valence-corrected chi connectivity index (χ1v) is 6.00. The molecule has 0 aromatic heterocycles. The molecular formula is C13H20ClN. The topological polar surface area (TPSA) is 12.0 Å². The Bertz CT molecular complexity index is 296. The molecule has 0 aliphatic carbocycles. The molecule has 0 bridgehead atoms. The van der Waals surface area contributed by atoms with Gasteiger partial charge in [0, 0.05) is 11.1 Å². The molecule has 0 aliphatic rings. The van der Waals surface area contributed by atoms with Crippen LogP contribution < -0.4 is 5.32 Å². The zero-order chi connectivity index (χ0) is 11.3. The SMILES string of the molecule is CCC(NCC(C)C)c1ccccc1Cl. The van der Waals surface area contributed by atoms with Crippen molar-refractivity contribution in [2.75, 3.05) is 6.54 Å². The van der Waals surface area contributed by atoms with Gasteiger partial charge in [-0.25, -0.2) is 0 Å². The van der Waals surface area contributed by atoms with Crippen LogP contribution in [0.3, 0.4) is 0 Å². The van der Waals surface area contributed by atoms with E-state index in [9.17, 15) is 0 Å². The molecule has 0 saturated carbocycles. The Morgan fingerprint density at radius 2 is 1.93 bits per heavy atom. The molecule has 1 unspecified atom stereocenters. The fraction of sp³-hybridized carbons (Fsp3) is 0.538. The highest BCUT2D eigenvalue weighted by Gasteiger charge is 2.11. The Morgan fingerprint density at radius 1 is 1.27 bits per heavy atom. The van der Waals surface area contributed by atoms with Crippen molar-refractivity contribution in [1.29, 1.82) is 0 Å². The van der Waals surface area contributed by atoms with Gasteiger partial charge in [-0.05, 0) is 30.5 Å². The Labute approximate surface area is 97.8 Å². The smallest absolute Gasteiger partial charge is 0.0453 e. The Morgan fingerprint density at radius 3 is 2.47 bits per heavy atom. The molecule has 1 atom stereocenters. The number of rotatable bonds is 5. The molecule has 1 nitrogen and oxygen atoms in total. The highest BCUT2D eigenvalue weighted by atomic mass is 35.5. The maximum absolute atomic E-state index is 6.17. The molecule has 0 saturated heterocycles. The number of hydrogen-bond donors (Lipinski definition) is 1. The summed E-state index contributed by atoms with van der Waals surface area (Å²) >= 11 is 6.17. The van der Waals surface area contributed by atoms with Gasteiger partial charge in [-0.2, -0.15) is 0 Å². The normalized spacial score (nSPS) is 13.1. The van der Waals surface area contributed by atoms with Crippen molar-refractivity contribution in [3.8, 4) is 0 Å². The lowest BCUT2D eigenvalue weighted by Crippen LogP contribution is -2.25. The molecule has 1 aromatic carbocycles. The molecule has 0 amide bonds. The van der Waals surface area contributed by atoms with Gasteiger partial charge in [0.05, 0.1) is 0 Å². The molecule has 2 heteroatoms. The summed E-state index contributed by atoms with van der Waals surface area (Å²) in [6.07, 6.45) is 1.07. The first-order valence-electron chi connectivity index (χ1n) is 5.63. The van der Waals surface area contributed by atoms with E-state index < -0.39 is 0 Å². The van der Waals surface area contributed by atoms with Crippen molar-refractivity contribution in [2.24, 2.45) is 5.92 Å². The van der Waals surface area contributed by atoms with Crippen molar-refractivity contribution in [3.63, 3.8) is 0 Å². The van der Waals surface area contributed by atoms with Crippen molar-refractivity contribution in [2.45, 2.75) is 33.2 Å². The van der Waals surface area contributed by atoms with Gasteiger partial charge in [0.1, 0.15) is 0 Å². The summed E-state index contributed by atoms with van der Waals surface area (Å²) in [6.45, 7) is 7.64. The van der Waals surface area contributed by atoms with Gasteiger partial charge in [-0.3, -0.25) is 0 Å². The van der Waals surface area contributed by atoms with E-state index >= 15 is 0 Å². The van der Waals surface area contributed by atoms with Gasteiger partial charge in [0.15, 0.2) is 0 Å². The van der Waals surface area contributed by atoms with Crippen LogP contribution in [0.5, 0.6) is 0 Å². The minimum absolute atomic E-state index is 0.376. The largest absolute Gasteiger partial charge is 0.310 e. The average Bonchev–Trinajstić information content (AvgIpc) is 2.21. The summed E-state index contributed by atoms with van der Waals surface area (Å²) in [5, 5.41) is 4.40. The molecule has 0 radical (unpaired) electrons. The van der Waals surface area contributed by atoms with E-state index in [1.54, 1.807) is 0 Å². The maximum atomic E-state index is 6.17. The minimum Gasteiger partial charge on any atom is -0.310 e. The van der Waals surface area contributed by atoms with Crippen LogP contribution in [-0.2, 0) is 0 Å². The first kappa shape index (κ1) is 12.5. The van der Waals surface area contributed by atoms with Gasteiger partial charge in [0.25, 0.3) is 0 Å². The highest BCUT2D eigenvalue weighted by Crippen LogP contribution is 2.24. The molecule has 1 rings (SSSR count). The van der Waals surface area contributed by atoms with E-state index in [1.165, 1.54) is 5.56 Å². The summed E-state index contributed by atoms with van der Waals surface area (Å²) < 4.78 is 0. The predicted octanol–water partition coefficient (Wildman–Crippen LogP) is 4.04. The molecule has 0 heterocycles. The Balaban J connectivity index is 2.70. The van der Waals surface area contributed by atoms with Crippen LogP contribution in [0.15, 0.2) is 24.3 Å². The third-order valence-electron chi connectivity index (χ3n) is 2.46. The quantitative estimate of drug-likeness (QED) is 0.798. The molecule has 1 N–H and O–H groups in total. The van der Waals surface area contributed by atoms with Crippen LogP contribution in [0.1, 0.15) is 38.8 Å². The van der Waals surface area contributed by atoms with Crippen molar-refractivity contribution >= 4 is 11.6 Å². The number of halogens is 1. The molecular weight excluding hydrogens is 206 g/mol. The molecule has 15 heavy (non-hydrogen) atoms. The third kappa shape index (κ3) is 3.84. The van der Waals surface area contributed by atoms with Crippen molar-refractivity contribution in [1.82, 2.24) is 5.32 Å². The van der Waals surface area contributed by atoms with Crippen LogP contribution >= 0.6 is 11.6 Å². The number of hydrogen-bond acceptors (Lipinski definition) is 1. The van der Waals surface area contributed by atoms with Crippen LogP contribution in [0.4, 0.5) is 0 Å². The summed E-state index contributed by atoms with van der Waals surface area (Å²) in [4.78, 5) is 0. The summed E-state index contributed by atoms with van der Waals surface area (Å²) in [5.41, 5.74) is 1.21. The second-order valence-corrected chi connectivity index (χ2v) is 4.69. The van der Waals surface area contributed by atoms with E-state index in [0.29, 0.717) is 12.0 Å². The summed E-state index contributed by atoms with van der Waals surface area (Å²) in [5.74, 6) is 0.668. The molecule has 84 valence electrons. The van der Waals surface area contributed by atoms with Gasteiger partial charge in [-0.15, -0.1) is 0 Å². The Kier molecular flexibility index (Phi) is 5.13. The Hall–Kier alpha value is -0.530. The molecule has 0 fully saturated rings. The van der Waals surface area contributed by atoms with Crippen molar-refractivity contribution < 1.29 is 0 Å². The monoisotopic (exact) mass is 225 g/mol. The van der Waals surface area contributed by atoms with Crippen LogP contribution in [-0.4, -0.2) is 6.54 Å². The van der Waals surface area contributed by atoms with Crippen LogP contribution in [0, 0.1) is 5.92 Å². The molecule has 0 spiro atoms. The van der Waals surface area contributed by atoms with Crippen molar-refractivity contribution in [3.05, 3.63) is 34.9 Å². The van der Waals surface area contributed by atoms with Gasteiger partial charge in [0.2, 0.25) is 0 Å². The van der Waals surface area contributed by atoms with Crippen LogP contribution in [0.2, 0.25) is 5.02 Å². The number of benzene rings is 1. The second-order valence-electron chi connectivity index (χ2n) is 4.28.